The number of hydrogen-bond donors (Lipinski definition) is 2. The van der Waals surface area contributed by atoms with Crippen LogP contribution in [0.2, 0.25) is 0 Å². The molecule has 2 amide bonds. The number of amides is 2. The number of benzene rings is 3. The van der Waals surface area contributed by atoms with E-state index in [-0.39, 0.29) is 39.8 Å². The van der Waals surface area contributed by atoms with Crippen molar-refractivity contribution in [2.45, 2.75) is 6.92 Å². The Balaban J connectivity index is 1.42. The van der Waals surface area contributed by atoms with E-state index in [0.717, 1.165) is 0 Å². The van der Waals surface area contributed by atoms with Gasteiger partial charge in [-0.2, -0.15) is 5.10 Å². The highest BCUT2D eigenvalue weighted by Crippen LogP contribution is 2.29. The van der Waals surface area contributed by atoms with Crippen LogP contribution in [-0.2, 0) is 0 Å². The first-order valence-electron chi connectivity index (χ1n) is 11.9. The molecule has 4 aromatic rings. The van der Waals surface area contributed by atoms with E-state index >= 15 is 0 Å². The number of anilines is 1. The molecule has 0 bridgehead atoms. The first-order chi connectivity index (χ1) is 19.4. The summed E-state index contributed by atoms with van der Waals surface area (Å²) in [5, 5.41) is 17.4. The molecule has 0 aliphatic heterocycles. The number of nitro groups is 1. The zero-order chi connectivity index (χ0) is 28.5. The summed E-state index contributed by atoms with van der Waals surface area (Å²) in [6.45, 7) is 2.09. The summed E-state index contributed by atoms with van der Waals surface area (Å²) in [5.41, 5.74) is 3.35. The second-order valence-corrected chi connectivity index (χ2v) is 8.01. The molecule has 0 atom stereocenters. The molecule has 0 unspecified atom stereocenters. The standard InChI is InChI=1S/C28H22N4O8/c1-2-38-25-16-18(9-14-23(25)40-28(35)24-8-5-15-39-24)17-29-31-27(34)21-6-3-4-7-22(21)30-26(33)19-10-12-20(13-11-19)32(36)37/h3-17H,2H2,1H3,(H,30,33)(H,31,34)/b29-17-. The van der Waals surface area contributed by atoms with Gasteiger partial charge in [-0.3, -0.25) is 19.7 Å². The van der Waals surface area contributed by atoms with Crippen LogP contribution in [0.1, 0.15) is 43.8 Å². The third-order valence-electron chi connectivity index (χ3n) is 5.33. The van der Waals surface area contributed by atoms with E-state index in [1.807, 2.05) is 0 Å². The van der Waals surface area contributed by atoms with Crippen LogP contribution in [0.25, 0.3) is 0 Å². The van der Waals surface area contributed by atoms with Crippen molar-refractivity contribution >= 4 is 35.4 Å². The zero-order valence-electron chi connectivity index (χ0n) is 21.0. The quantitative estimate of drug-likeness (QED) is 0.0947. The number of rotatable bonds is 10. The molecule has 0 fully saturated rings. The van der Waals surface area contributed by atoms with Crippen LogP contribution in [0, 0.1) is 10.1 Å². The number of nitro benzene ring substituents is 1. The Hall–Kier alpha value is -5.78. The maximum Gasteiger partial charge on any atom is 0.379 e. The van der Waals surface area contributed by atoms with Gasteiger partial charge in [-0.25, -0.2) is 10.2 Å². The lowest BCUT2D eigenvalue weighted by atomic mass is 10.1. The lowest BCUT2D eigenvalue weighted by Gasteiger charge is -2.11. The predicted molar refractivity (Wildman–Crippen MR) is 144 cm³/mol. The fourth-order valence-electron chi connectivity index (χ4n) is 3.45. The lowest BCUT2D eigenvalue weighted by molar-refractivity contribution is -0.384. The number of esters is 1. The van der Waals surface area contributed by atoms with E-state index in [2.05, 4.69) is 15.8 Å². The topological polar surface area (TPSA) is 162 Å². The predicted octanol–water partition coefficient (Wildman–Crippen LogP) is 4.82. The van der Waals surface area contributed by atoms with Gasteiger partial charge in [0.25, 0.3) is 17.5 Å². The van der Waals surface area contributed by atoms with Crippen LogP contribution < -0.4 is 20.2 Å². The molecule has 12 heteroatoms. The summed E-state index contributed by atoms with van der Waals surface area (Å²) in [5.74, 6) is -1.31. The minimum atomic E-state index is -0.682. The fraction of sp³-hybridized carbons (Fsp3) is 0.0714. The molecule has 0 radical (unpaired) electrons. The lowest BCUT2D eigenvalue weighted by Crippen LogP contribution is -2.21. The Morgan fingerprint density at radius 1 is 0.975 bits per heavy atom. The van der Waals surface area contributed by atoms with Crippen LogP contribution in [0.15, 0.2) is 94.6 Å². The molecule has 0 aliphatic rings. The van der Waals surface area contributed by atoms with Crippen LogP contribution in [0.3, 0.4) is 0 Å². The summed E-state index contributed by atoms with van der Waals surface area (Å²) in [7, 11) is 0. The molecule has 0 saturated heterocycles. The highest BCUT2D eigenvalue weighted by atomic mass is 16.6. The smallest absolute Gasteiger partial charge is 0.379 e. The minimum Gasteiger partial charge on any atom is -0.490 e. The molecule has 202 valence electrons. The Kier molecular flexibility index (Phi) is 8.62. The highest BCUT2D eigenvalue weighted by Gasteiger charge is 2.16. The van der Waals surface area contributed by atoms with Gasteiger partial charge in [-0.05, 0) is 67.1 Å². The zero-order valence-corrected chi connectivity index (χ0v) is 21.0. The van der Waals surface area contributed by atoms with Gasteiger partial charge in [0.1, 0.15) is 0 Å². The van der Waals surface area contributed by atoms with Gasteiger partial charge in [-0.15, -0.1) is 0 Å². The van der Waals surface area contributed by atoms with Crippen LogP contribution in [0.5, 0.6) is 11.5 Å². The molecule has 0 aliphatic carbocycles. The Bertz CT molecular complexity index is 1560. The van der Waals surface area contributed by atoms with Gasteiger partial charge < -0.3 is 19.2 Å². The number of hydrogen-bond acceptors (Lipinski definition) is 9. The number of nitrogens with one attached hydrogen (secondary N) is 2. The normalized spacial score (nSPS) is 10.6. The van der Waals surface area contributed by atoms with Crippen molar-refractivity contribution in [2.24, 2.45) is 5.10 Å². The van der Waals surface area contributed by atoms with Crippen molar-refractivity contribution in [1.82, 2.24) is 5.43 Å². The second-order valence-electron chi connectivity index (χ2n) is 8.01. The van der Waals surface area contributed by atoms with Gasteiger partial charge in [-0.1, -0.05) is 12.1 Å². The van der Waals surface area contributed by atoms with E-state index in [1.165, 1.54) is 54.9 Å². The Morgan fingerprint density at radius 2 is 1.75 bits per heavy atom. The molecular formula is C28H22N4O8. The average molecular weight is 543 g/mol. The van der Waals surface area contributed by atoms with E-state index in [0.29, 0.717) is 12.2 Å². The summed E-state index contributed by atoms with van der Waals surface area (Å²) in [6.07, 6.45) is 2.73. The maximum absolute atomic E-state index is 12.8. The van der Waals surface area contributed by atoms with Crippen LogP contribution in [0.4, 0.5) is 11.4 Å². The molecule has 40 heavy (non-hydrogen) atoms. The molecule has 3 aromatic carbocycles. The number of nitrogens with zero attached hydrogens (tertiary/aromatic N) is 2. The van der Waals surface area contributed by atoms with E-state index in [9.17, 15) is 24.5 Å². The molecule has 4 rings (SSSR count). The number of carbonyl (C=O) groups excluding carboxylic acids is 3. The first-order valence-corrected chi connectivity index (χ1v) is 11.9. The SMILES string of the molecule is CCOc1cc(/C=N\NC(=O)c2ccccc2NC(=O)c2ccc([N+](=O)[O-])cc2)ccc1OC(=O)c1ccco1. The average Bonchev–Trinajstić information content (AvgIpc) is 3.50. The third-order valence-corrected chi connectivity index (χ3v) is 5.33. The third kappa shape index (κ3) is 6.75. The number of para-hydroxylation sites is 1. The summed E-state index contributed by atoms with van der Waals surface area (Å²) in [4.78, 5) is 47.9. The van der Waals surface area contributed by atoms with Crippen molar-refractivity contribution < 1.29 is 33.2 Å². The number of non-ortho nitro benzene ring substituents is 1. The Morgan fingerprint density at radius 3 is 2.45 bits per heavy atom. The molecular weight excluding hydrogens is 520 g/mol. The number of carbonyl (C=O) groups is 3. The molecule has 0 spiro atoms. The number of furan rings is 1. The largest absolute Gasteiger partial charge is 0.490 e. The van der Waals surface area contributed by atoms with Crippen molar-refractivity contribution in [1.29, 1.82) is 0 Å². The van der Waals surface area contributed by atoms with Crippen LogP contribution in [-0.4, -0.2) is 35.5 Å². The maximum atomic E-state index is 12.8. The monoisotopic (exact) mass is 542 g/mol. The van der Waals surface area contributed by atoms with Gasteiger partial charge in [0.2, 0.25) is 5.76 Å². The molecule has 12 nitrogen and oxygen atoms in total. The van der Waals surface area contributed by atoms with E-state index in [4.69, 9.17) is 13.9 Å². The molecule has 2 N–H and O–H groups in total. The van der Waals surface area contributed by atoms with E-state index < -0.39 is 22.7 Å². The van der Waals surface area contributed by atoms with Crippen molar-refractivity contribution in [2.75, 3.05) is 11.9 Å². The summed E-state index contributed by atoms with van der Waals surface area (Å²) in [6, 6.07) is 19.2. The minimum absolute atomic E-state index is 0.0417. The van der Waals surface area contributed by atoms with Gasteiger partial charge >= 0.3 is 5.97 Å². The summed E-state index contributed by atoms with van der Waals surface area (Å²) >= 11 is 0. The summed E-state index contributed by atoms with van der Waals surface area (Å²) < 4.78 is 16.0. The molecule has 1 aromatic heterocycles. The van der Waals surface area contributed by atoms with Crippen molar-refractivity contribution in [3.8, 4) is 11.5 Å². The molecule has 0 saturated carbocycles. The van der Waals surface area contributed by atoms with Crippen molar-refractivity contribution in [3.05, 3.63) is 118 Å². The van der Waals surface area contributed by atoms with Gasteiger partial charge in [0.15, 0.2) is 11.5 Å². The Labute approximate surface area is 227 Å². The first kappa shape index (κ1) is 27.3. The molecule has 1 heterocycles. The van der Waals surface area contributed by atoms with Crippen molar-refractivity contribution in [3.63, 3.8) is 0 Å². The number of hydrazone groups is 1. The fourth-order valence-corrected chi connectivity index (χ4v) is 3.45. The highest BCUT2D eigenvalue weighted by molar-refractivity contribution is 6.09. The van der Waals surface area contributed by atoms with Crippen LogP contribution >= 0.6 is 0 Å². The second kappa shape index (κ2) is 12.6. The van der Waals surface area contributed by atoms with Gasteiger partial charge in [0.05, 0.1) is 35.3 Å². The van der Waals surface area contributed by atoms with E-state index in [1.54, 1.807) is 43.3 Å². The van der Waals surface area contributed by atoms with Gasteiger partial charge in [0, 0.05) is 17.7 Å². The number of ether oxygens (including phenoxy) is 2.